The molecule has 32 heavy (non-hydrogen) atoms. The Morgan fingerprint density at radius 1 is 1.16 bits per heavy atom. The van der Waals surface area contributed by atoms with Crippen molar-refractivity contribution in [1.82, 2.24) is 4.90 Å². The third kappa shape index (κ3) is 7.13. The molecule has 0 saturated heterocycles. The molecule has 0 aliphatic carbocycles. The van der Waals surface area contributed by atoms with Gasteiger partial charge in [0.1, 0.15) is 4.38 Å². The van der Waals surface area contributed by atoms with Gasteiger partial charge in [0.05, 0.1) is 18.7 Å². The van der Waals surface area contributed by atoms with Gasteiger partial charge in [-0.2, -0.15) is 0 Å². The van der Waals surface area contributed by atoms with Crippen LogP contribution in [0.1, 0.15) is 21.5 Å². The van der Waals surface area contributed by atoms with Gasteiger partial charge in [-0.15, -0.1) is 0 Å². The number of rotatable bonds is 8. The van der Waals surface area contributed by atoms with E-state index < -0.39 is 18.5 Å². The van der Waals surface area contributed by atoms with Crippen LogP contribution >= 0.6 is 23.5 Å². The number of aliphatic imine (C=N–C) groups is 1. The maximum atomic E-state index is 12.6. The van der Waals surface area contributed by atoms with Gasteiger partial charge in [0.15, 0.2) is 6.61 Å². The van der Waals surface area contributed by atoms with E-state index in [0.29, 0.717) is 17.0 Å². The number of nitrogens with zero attached hydrogens (tertiary/aromatic N) is 2. The highest BCUT2D eigenvalue weighted by Crippen LogP contribution is 2.26. The molecule has 9 heteroatoms. The van der Waals surface area contributed by atoms with Crippen molar-refractivity contribution in [2.75, 3.05) is 37.8 Å². The molecule has 0 unspecified atom stereocenters. The van der Waals surface area contributed by atoms with Crippen LogP contribution in [0, 0.1) is 6.92 Å². The van der Waals surface area contributed by atoms with Gasteiger partial charge in [0.2, 0.25) is 5.91 Å². The molecule has 0 aromatic heterocycles. The Morgan fingerprint density at radius 2 is 1.91 bits per heavy atom. The lowest BCUT2D eigenvalue weighted by Crippen LogP contribution is -2.37. The van der Waals surface area contributed by atoms with Crippen molar-refractivity contribution in [3.63, 3.8) is 0 Å². The lowest BCUT2D eigenvalue weighted by Gasteiger charge is -2.17. The van der Waals surface area contributed by atoms with Crippen LogP contribution in [0.3, 0.4) is 0 Å². The monoisotopic (exact) mass is 471 g/mol. The Kier molecular flexibility index (Phi) is 8.75. The molecule has 2 aromatic rings. The SMILES string of the molecule is Cc1ccc(NC(=O)CN(C)C(=O)COC(=O)c2ccccc2CSC2=NCCS2)cc1. The Labute approximate surface area is 196 Å². The molecule has 0 bridgehead atoms. The van der Waals surface area contributed by atoms with Gasteiger partial charge in [-0.1, -0.05) is 59.4 Å². The molecule has 1 aliphatic heterocycles. The van der Waals surface area contributed by atoms with Crippen LogP contribution in [-0.4, -0.2) is 59.6 Å². The number of ether oxygens (including phenoxy) is 1. The minimum absolute atomic E-state index is 0.142. The fourth-order valence-electron chi connectivity index (χ4n) is 2.84. The van der Waals surface area contributed by atoms with Gasteiger partial charge >= 0.3 is 5.97 Å². The van der Waals surface area contributed by atoms with Gasteiger partial charge in [-0.05, 0) is 30.7 Å². The number of amides is 2. The quantitative estimate of drug-likeness (QED) is 0.592. The maximum Gasteiger partial charge on any atom is 0.338 e. The third-order valence-electron chi connectivity index (χ3n) is 4.61. The molecular formula is C23H25N3O4S2. The average molecular weight is 472 g/mol. The first kappa shape index (κ1) is 23.9. The zero-order valence-corrected chi connectivity index (χ0v) is 19.6. The smallest absolute Gasteiger partial charge is 0.338 e. The molecule has 7 nitrogen and oxygen atoms in total. The van der Waals surface area contributed by atoms with Crippen molar-refractivity contribution in [3.8, 4) is 0 Å². The molecule has 2 aromatic carbocycles. The highest BCUT2D eigenvalue weighted by Gasteiger charge is 2.18. The van der Waals surface area contributed by atoms with Crippen molar-refractivity contribution in [2.24, 2.45) is 4.99 Å². The number of anilines is 1. The highest BCUT2D eigenvalue weighted by atomic mass is 32.2. The first-order valence-electron chi connectivity index (χ1n) is 10.1. The normalized spacial score (nSPS) is 12.8. The number of esters is 1. The summed E-state index contributed by atoms with van der Waals surface area (Å²) in [6, 6.07) is 14.5. The number of hydrogen-bond acceptors (Lipinski definition) is 7. The van der Waals surface area contributed by atoms with Gasteiger partial charge in [0.25, 0.3) is 5.91 Å². The van der Waals surface area contributed by atoms with E-state index in [-0.39, 0.29) is 12.5 Å². The summed E-state index contributed by atoms with van der Waals surface area (Å²) in [6.45, 7) is 2.21. The van der Waals surface area contributed by atoms with Crippen LogP contribution in [0.5, 0.6) is 0 Å². The van der Waals surface area contributed by atoms with E-state index in [2.05, 4.69) is 10.3 Å². The molecule has 1 heterocycles. The Hall–Kier alpha value is -2.78. The zero-order valence-electron chi connectivity index (χ0n) is 18.0. The first-order valence-corrected chi connectivity index (χ1v) is 12.0. The number of nitrogens with one attached hydrogen (secondary N) is 1. The Morgan fingerprint density at radius 3 is 2.62 bits per heavy atom. The van der Waals surface area contributed by atoms with E-state index in [0.717, 1.165) is 27.8 Å². The predicted octanol–water partition coefficient (Wildman–Crippen LogP) is 3.58. The lowest BCUT2D eigenvalue weighted by atomic mass is 10.1. The molecule has 0 spiro atoms. The predicted molar refractivity (Wildman–Crippen MR) is 130 cm³/mol. The largest absolute Gasteiger partial charge is 0.452 e. The number of benzene rings is 2. The van der Waals surface area contributed by atoms with Crippen LogP contribution in [0.2, 0.25) is 0 Å². The van der Waals surface area contributed by atoms with Gasteiger partial charge in [-0.3, -0.25) is 14.6 Å². The van der Waals surface area contributed by atoms with Crippen molar-refractivity contribution in [2.45, 2.75) is 12.7 Å². The summed E-state index contributed by atoms with van der Waals surface area (Å²) in [5, 5.41) is 2.74. The fraction of sp³-hybridized carbons (Fsp3) is 0.304. The molecule has 3 rings (SSSR count). The summed E-state index contributed by atoms with van der Waals surface area (Å²) in [4.78, 5) is 42.7. The molecule has 1 aliphatic rings. The molecule has 0 fully saturated rings. The molecule has 0 atom stereocenters. The fourth-order valence-corrected chi connectivity index (χ4v) is 4.86. The molecule has 2 amide bonds. The second-order valence-corrected chi connectivity index (χ2v) is 9.49. The van der Waals surface area contributed by atoms with Gasteiger partial charge in [0, 0.05) is 24.2 Å². The van der Waals surface area contributed by atoms with Crippen molar-refractivity contribution in [1.29, 1.82) is 0 Å². The maximum absolute atomic E-state index is 12.6. The van der Waals surface area contributed by atoms with E-state index in [1.54, 1.807) is 47.8 Å². The number of aryl methyl sites for hydroxylation is 1. The number of likely N-dealkylation sites (N-methyl/N-ethyl adjacent to an activating group) is 1. The van der Waals surface area contributed by atoms with Crippen molar-refractivity contribution >= 4 is 51.4 Å². The highest BCUT2D eigenvalue weighted by molar-refractivity contribution is 8.38. The minimum Gasteiger partial charge on any atom is -0.452 e. The molecule has 0 saturated carbocycles. The second kappa shape index (κ2) is 11.7. The standard InChI is InChI=1S/C23H25N3O4S2/c1-16-7-9-18(10-8-16)25-20(27)13-26(2)21(28)14-30-22(29)19-6-4-3-5-17(19)15-32-23-24-11-12-31-23/h3-10H,11-15H2,1-2H3,(H,25,27). The van der Waals surface area contributed by atoms with Crippen LogP contribution in [0.4, 0.5) is 5.69 Å². The van der Waals surface area contributed by atoms with Crippen LogP contribution < -0.4 is 5.32 Å². The van der Waals surface area contributed by atoms with E-state index >= 15 is 0 Å². The molecule has 1 N–H and O–H groups in total. The number of hydrogen-bond donors (Lipinski definition) is 1. The zero-order chi connectivity index (χ0) is 22.9. The number of carbonyl (C=O) groups excluding carboxylic acids is 3. The van der Waals surface area contributed by atoms with Crippen LogP contribution in [0.25, 0.3) is 0 Å². The summed E-state index contributed by atoms with van der Waals surface area (Å²) in [6.07, 6.45) is 0. The van der Waals surface area contributed by atoms with Gasteiger partial charge < -0.3 is 15.0 Å². The lowest BCUT2D eigenvalue weighted by molar-refractivity contribution is -0.136. The van der Waals surface area contributed by atoms with Crippen molar-refractivity contribution < 1.29 is 19.1 Å². The third-order valence-corrected chi connectivity index (χ3v) is 6.92. The summed E-state index contributed by atoms with van der Waals surface area (Å²) in [5.41, 5.74) is 3.00. The first-order chi connectivity index (χ1) is 15.4. The minimum atomic E-state index is -0.562. The molecular weight excluding hydrogens is 446 g/mol. The summed E-state index contributed by atoms with van der Waals surface area (Å²) in [5.74, 6) is 0.245. The van der Waals surface area contributed by atoms with Crippen LogP contribution in [0.15, 0.2) is 53.5 Å². The topological polar surface area (TPSA) is 88.1 Å². The van der Waals surface area contributed by atoms with Gasteiger partial charge in [-0.25, -0.2) is 4.79 Å². The van der Waals surface area contributed by atoms with E-state index in [9.17, 15) is 14.4 Å². The van der Waals surface area contributed by atoms with E-state index in [1.807, 2.05) is 31.2 Å². The van der Waals surface area contributed by atoms with Crippen molar-refractivity contribution in [3.05, 3.63) is 65.2 Å². The Bertz CT molecular complexity index is 1010. The summed E-state index contributed by atoms with van der Waals surface area (Å²) in [7, 11) is 1.50. The summed E-state index contributed by atoms with van der Waals surface area (Å²) < 4.78 is 6.25. The second-order valence-electron chi connectivity index (χ2n) is 7.18. The molecule has 168 valence electrons. The molecule has 0 radical (unpaired) electrons. The number of thioether (sulfide) groups is 2. The average Bonchev–Trinajstić information content (AvgIpc) is 3.31. The number of carbonyl (C=O) groups is 3. The Balaban J connectivity index is 1.48. The van der Waals surface area contributed by atoms with E-state index in [1.165, 1.54) is 11.9 Å². The summed E-state index contributed by atoms with van der Waals surface area (Å²) >= 11 is 3.30. The van der Waals surface area contributed by atoms with Crippen LogP contribution in [-0.2, 0) is 20.1 Å². The van der Waals surface area contributed by atoms with E-state index in [4.69, 9.17) is 4.74 Å².